The van der Waals surface area contributed by atoms with Gasteiger partial charge in [0, 0.05) is 11.6 Å². The van der Waals surface area contributed by atoms with Crippen molar-refractivity contribution in [1.29, 1.82) is 0 Å². The molecule has 3 rings (SSSR count). The van der Waals surface area contributed by atoms with Crippen molar-refractivity contribution in [3.63, 3.8) is 0 Å². The highest BCUT2D eigenvalue weighted by Crippen LogP contribution is 2.29. The standard InChI is InChI=1S/C19H15F3N2O/c1-13-5-2-3-8-16(13)17-9-10-18(25)24(23-17)12-14-6-4-7-15(11-14)19(20,21)22/h2-11H,12H2,1H3. The van der Waals surface area contributed by atoms with Gasteiger partial charge in [0.05, 0.1) is 17.8 Å². The molecule has 1 aromatic heterocycles. The van der Waals surface area contributed by atoms with Gasteiger partial charge in [0.1, 0.15) is 0 Å². The Morgan fingerprint density at radius 3 is 2.48 bits per heavy atom. The molecular weight excluding hydrogens is 329 g/mol. The van der Waals surface area contributed by atoms with E-state index in [1.54, 1.807) is 12.1 Å². The fraction of sp³-hybridized carbons (Fsp3) is 0.158. The second-order valence-electron chi connectivity index (χ2n) is 5.73. The third kappa shape index (κ3) is 3.79. The number of rotatable bonds is 3. The minimum atomic E-state index is -4.42. The van der Waals surface area contributed by atoms with Crippen LogP contribution >= 0.6 is 0 Å². The van der Waals surface area contributed by atoms with Crippen LogP contribution in [-0.2, 0) is 12.7 Å². The van der Waals surface area contributed by atoms with Crippen molar-refractivity contribution in [2.75, 3.05) is 0 Å². The van der Waals surface area contributed by atoms with Gasteiger partial charge in [-0.1, -0.05) is 36.4 Å². The summed E-state index contributed by atoms with van der Waals surface area (Å²) in [4.78, 5) is 12.1. The summed E-state index contributed by atoms with van der Waals surface area (Å²) < 4.78 is 39.7. The van der Waals surface area contributed by atoms with E-state index in [1.165, 1.54) is 16.8 Å². The molecular formula is C19H15F3N2O. The maximum atomic E-state index is 12.8. The summed E-state index contributed by atoms with van der Waals surface area (Å²) in [5.74, 6) is 0. The number of hydrogen-bond acceptors (Lipinski definition) is 2. The smallest absolute Gasteiger partial charge is 0.268 e. The average molecular weight is 344 g/mol. The Labute approximate surface area is 142 Å². The third-order valence-electron chi connectivity index (χ3n) is 3.87. The van der Waals surface area contributed by atoms with E-state index < -0.39 is 11.7 Å². The Hall–Kier alpha value is -2.89. The predicted molar refractivity (Wildman–Crippen MR) is 89.2 cm³/mol. The summed E-state index contributed by atoms with van der Waals surface area (Å²) >= 11 is 0. The lowest BCUT2D eigenvalue weighted by atomic mass is 10.1. The van der Waals surface area contributed by atoms with Crippen LogP contribution in [0.2, 0.25) is 0 Å². The van der Waals surface area contributed by atoms with Gasteiger partial charge < -0.3 is 0 Å². The quantitative estimate of drug-likeness (QED) is 0.711. The van der Waals surface area contributed by atoms with E-state index in [0.717, 1.165) is 23.3 Å². The molecule has 6 heteroatoms. The first-order chi connectivity index (χ1) is 11.8. The van der Waals surface area contributed by atoms with Crippen LogP contribution in [0.3, 0.4) is 0 Å². The minimum absolute atomic E-state index is 0.0253. The Morgan fingerprint density at radius 2 is 1.76 bits per heavy atom. The molecule has 25 heavy (non-hydrogen) atoms. The molecule has 0 amide bonds. The largest absolute Gasteiger partial charge is 0.416 e. The van der Waals surface area contributed by atoms with E-state index in [1.807, 2.05) is 31.2 Å². The van der Waals surface area contributed by atoms with Crippen LogP contribution in [-0.4, -0.2) is 9.78 Å². The van der Waals surface area contributed by atoms with Crippen molar-refractivity contribution in [3.8, 4) is 11.3 Å². The van der Waals surface area contributed by atoms with Gasteiger partial charge in [0.15, 0.2) is 0 Å². The number of halogens is 3. The molecule has 0 atom stereocenters. The summed E-state index contributed by atoms with van der Waals surface area (Å²) in [5, 5.41) is 4.31. The first-order valence-electron chi connectivity index (χ1n) is 7.65. The Kier molecular flexibility index (Phi) is 4.44. The van der Waals surface area contributed by atoms with Crippen molar-refractivity contribution in [2.45, 2.75) is 19.6 Å². The molecule has 0 aliphatic carbocycles. The molecule has 128 valence electrons. The third-order valence-corrected chi connectivity index (χ3v) is 3.87. The first kappa shape index (κ1) is 17.0. The molecule has 0 aliphatic heterocycles. The van der Waals surface area contributed by atoms with Crippen LogP contribution in [0.15, 0.2) is 65.5 Å². The topological polar surface area (TPSA) is 34.9 Å². The number of hydrogen-bond donors (Lipinski definition) is 0. The van der Waals surface area contributed by atoms with Crippen molar-refractivity contribution in [1.82, 2.24) is 9.78 Å². The highest BCUT2D eigenvalue weighted by Gasteiger charge is 2.30. The number of aryl methyl sites for hydroxylation is 1. The van der Waals surface area contributed by atoms with Crippen LogP contribution in [0.4, 0.5) is 13.2 Å². The molecule has 1 heterocycles. The number of aromatic nitrogens is 2. The second-order valence-corrected chi connectivity index (χ2v) is 5.73. The molecule has 0 unspecified atom stereocenters. The fourth-order valence-corrected chi connectivity index (χ4v) is 2.59. The lowest BCUT2D eigenvalue weighted by Gasteiger charge is -2.11. The maximum Gasteiger partial charge on any atom is 0.416 e. The second kappa shape index (κ2) is 6.55. The van der Waals surface area contributed by atoms with E-state index in [2.05, 4.69) is 5.10 Å². The highest BCUT2D eigenvalue weighted by molar-refractivity contribution is 5.62. The molecule has 3 nitrogen and oxygen atoms in total. The normalized spacial score (nSPS) is 11.5. The van der Waals surface area contributed by atoms with E-state index in [4.69, 9.17) is 0 Å². The SMILES string of the molecule is Cc1ccccc1-c1ccc(=O)n(Cc2cccc(C(F)(F)F)c2)n1. The van der Waals surface area contributed by atoms with Gasteiger partial charge in [-0.05, 0) is 36.2 Å². The molecule has 0 spiro atoms. The van der Waals surface area contributed by atoms with Gasteiger partial charge in [-0.15, -0.1) is 0 Å². The van der Waals surface area contributed by atoms with Gasteiger partial charge in [-0.3, -0.25) is 4.79 Å². The molecule has 0 fully saturated rings. The Bertz CT molecular complexity index is 961. The van der Waals surface area contributed by atoms with Crippen LogP contribution in [0, 0.1) is 6.92 Å². The summed E-state index contributed by atoms with van der Waals surface area (Å²) in [6.45, 7) is 1.90. The van der Waals surface area contributed by atoms with Gasteiger partial charge in [-0.25, -0.2) is 4.68 Å². The summed E-state index contributed by atoms with van der Waals surface area (Å²) in [7, 11) is 0. The fourth-order valence-electron chi connectivity index (χ4n) is 2.59. The Balaban J connectivity index is 1.98. The van der Waals surface area contributed by atoms with Crippen molar-refractivity contribution < 1.29 is 13.2 Å². The van der Waals surface area contributed by atoms with E-state index in [9.17, 15) is 18.0 Å². The predicted octanol–water partition coefficient (Wildman–Crippen LogP) is 4.29. The minimum Gasteiger partial charge on any atom is -0.268 e. The Morgan fingerprint density at radius 1 is 1.00 bits per heavy atom. The van der Waals surface area contributed by atoms with Gasteiger partial charge >= 0.3 is 6.18 Å². The van der Waals surface area contributed by atoms with Crippen molar-refractivity contribution in [3.05, 3.63) is 87.7 Å². The lowest BCUT2D eigenvalue weighted by molar-refractivity contribution is -0.137. The molecule has 2 aromatic carbocycles. The van der Waals surface area contributed by atoms with E-state index >= 15 is 0 Å². The summed E-state index contributed by atoms with van der Waals surface area (Å²) in [5.41, 5.74) is 1.73. The van der Waals surface area contributed by atoms with Crippen LogP contribution in [0.5, 0.6) is 0 Å². The van der Waals surface area contributed by atoms with Gasteiger partial charge in [0.25, 0.3) is 5.56 Å². The number of alkyl halides is 3. The van der Waals surface area contributed by atoms with E-state index in [-0.39, 0.29) is 12.1 Å². The zero-order valence-electron chi connectivity index (χ0n) is 13.4. The van der Waals surface area contributed by atoms with Crippen LogP contribution in [0.1, 0.15) is 16.7 Å². The zero-order valence-corrected chi connectivity index (χ0v) is 13.4. The van der Waals surface area contributed by atoms with Crippen molar-refractivity contribution in [2.24, 2.45) is 0 Å². The summed E-state index contributed by atoms with van der Waals surface area (Å²) in [6, 6.07) is 15.5. The zero-order chi connectivity index (χ0) is 18.0. The molecule has 0 saturated carbocycles. The lowest BCUT2D eigenvalue weighted by Crippen LogP contribution is -2.23. The molecule has 0 aliphatic rings. The van der Waals surface area contributed by atoms with Gasteiger partial charge in [0.2, 0.25) is 0 Å². The molecule has 0 saturated heterocycles. The monoisotopic (exact) mass is 344 g/mol. The van der Waals surface area contributed by atoms with Gasteiger partial charge in [-0.2, -0.15) is 18.3 Å². The first-order valence-corrected chi connectivity index (χ1v) is 7.65. The average Bonchev–Trinajstić information content (AvgIpc) is 2.57. The summed E-state index contributed by atoms with van der Waals surface area (Å²) in [6.07, 6.45) is -4.42. The van der Waals surface area contributed by atoms with Crippen LogP contribution in [0.25, 0.3) is 11.3 Å². The molecule has 3 aromatic rings. The molecule has 0 N–H and O–H groups in total. The molecule has 0 bridgehead atoms. The highest BCUT2D eigenvalue weighted by atomic mass is 19.4. The molecule has 0 radical (unpaired) electrons. The number of nitrogens with zero attached hydrogens (tertiary/aromatic N) is 2. The van der Waals surface area contributed by atoms with Crippen molar-refractivity contribution >= 4 is 0 Å². The number of benzene rings is 2. The maximum absolute atomic E-state index is 12.8. The van der Waals surface area contributed by atoms with E-state index in [0.29, 0.717) is 11.3 Å². The van der Waals surface area contributed by atoms with Crippen LogP contribution < -0.4 is 5.56 Å².